The summed E-state index contributed by atoms with van der Waals surface area (Å²) in [5, 5.41) is 8.97. The molecule has 1 heterocycles. The smallest absolute Gasteiger partial charge is 0.494 e. The molecule has 0 saturated carbocycles. The van der Waals surface area contributed by atoms with Gasteiger partial charge in [0.15, 0.2) is 0 Å². The van der Waals surface area contributed by atoms with Crippen LogP contribution >= 0.6 is 0 Å². The first kappa shape index (κ1) is 17.0. The van der Waals surface area contributed by atoms with Crippen LogP contribution in [-0.2, 0) is 12.8 Å². The third-order valence-electron chi connectivity index (χ3n) is 2.20. The highest BCUT2D eigenvalue weighted by Crippen LogP contribution is 2.36. The van der Waals surface area contributed by atoms with E-state index in [2.05, 4.69) is 0 Å². The van der Waals surface area contributed by atoms with Gasteiger partial charge in [-0.15, -0.1) is 13.2 Å². The molecule has 0 spiro atoms. The number of hydrogen-bond acceptors (Lipinski definition) is 3. The van der Waals surface area contributed by atoms with Gasteiger partial charge < -0.3 is 5.11 Å². The molecule has 1 aromatic rings. The van der Waals surface area contributed by atoms with Crippen LogP contribution in [0.5, 0.6) is 5.88 Å². The number of aromatic nitrogens is 2. The lowest BCUT2D eigenvalue weighted by Crippen LogP contribution is -2.49. The van der Waals surface area contributed by atoms with Gasteiger partial charge >= 0.3 is 24.1 Å². The van der Waals surface area contributed by atoms with Gasteiger partial charge in [-0.1, -0.05) is 0 Å². The molecule has 0 aromatic carbocycles. The summed E-state index contributed by atoms with van der Waals surface area (Å²) in [7, 11) is 0. The van der Waals surface area contributed by atoms with E-state index in [1.807, 2.05) is 0 Å². The lowest BCUT2D eigenvalue weighted by molar-refractivity contribution is -0.287. The molecule has 0 saturated heterocycles. The van der Waals surface area contributed by atoms with Gasteiger partial charge in [0, 0.05) is 0 Å². The summed E-state index contributed by atoms with van der Waals surface area (Å²) in [5.41, 5.74) is -4.70. The Bertz CT molecular complexity index is 653. The van der Waals surface area contributed by atoms with Crippen LogP contribution in [0.3, 0.4) is 0 Å². The fraction of sp³-hybridized carbons (Fsp3) is 0.500. The molecule has 0 aliphatic carbocycles. The summed E-state index contributed by atoms with van der Waals surface area (Å²) < 4.78 is 96.0. The Labute approximate surface area is 108 Å². The summed E-state index contributed by atoms with van der Waals surface area (Å²) in [4.78, 5) is 22.1. The molecule has 21 heavy (non-hydrogen) atoms. The Hall–Kier alpha value is -2.08. The molecule has 1 aromatic heterocycles. The quantitative estimate of drug-likeness (QED) is 0.835. The highest BCUT2D eigenvalue weighted by molar-refractivity contribution is 5.08. The van der Waals surface area contributed by atoms with E-state index in [9.17, 15) is 44.7 Å². The molecular formula is C8H4F8N2O3. The van der Waals surface area contributed by atoms with Crippen molar-refractivity contribution in [2.75, 3.05) is 0 Å². The van der Waals surface area contributed by atoms with E-state index in [0.717, 1.165) is 0 Å². The van der Waals surface area contributed by atoms with E-state index in [-0.39, 0.29) is 6.07 Å². The Morgan fingerprint density at radius 2 is 1.48 bits per heavy atom. The normalized spacial score (nSPS) is 13.5. The second-order valence-electron chi connectivity index (χ2n) is 3.71. The standard InChI is InChI=1S/C8H4F8N2O3/c9-6(10,7(11,12)13)2-17-3(19)1-4(20)18(5(17)21)8(14,15)16/h1,19H,2H2. The lowest BCUT2D eigenvalue weighted by atomic mass is 10.3. The van der Waals surface area contributed by atoms with E-state index in [0.29, 0.717) is 0 Å². The number of alkyl halides is 8. The first-order valence-electron chi connectivity index (χ1n) is 4.76. The number of halogens is 8. The molecule has 120 valence electrons. The van der Waals surface area contributed by atoms with Crippen molar-refractivity contribution >= 4 is 0 Å². The SMILES string of the molecule is O=c1cc(O)n(CC(F)(F)C(F)(F)F)c(=O)n1C(F)(F)F. The largest absolute Gasteiger partial charge is 0.495 e. The number of aromatic hydroxyl groups is 1. The first-order chi connectivity index (χ1) is 9.18. The molecule has 0 radical (unpaired) electrons. The van der Waals surface area contributed by atoms with Crippen molar-refractivity contribution in [3.63, 3.8) is 0 Å². The maximum Gasteiger partial charge on any atom is 0.495 e. The van der Waals surface area contributed by atoms with Crippen LogP contribution in [0.25, 0.3) is 0 Å². The van der Waals surface area contributed by atoms with Crippen molar-refractivity contribution in [2.45, 2.75) is 24.9 Å². The van der Waals surface area contributed by atoms with Gasteiger partial charge in [-0.05, 0) is 0 Å². The third-order valence-corrected chi connectivity index (χ3v) is 2.20. The number of hydrogen-bond donors (Lipinski definition) is 1. The van der Waals surface area contributed by atoms with Crippen molar-refractivity contribution in [1.29, 1.82) is 0 Å². The Balaban J connectivity index is 3.54. The topological polar surface area (TPSA) is 64.2 Å². The van der Waals surface area contributed by atoms with E-state index in [4.69, 9.17) is 5.11 Å². The van der Waals surface area contributed by atoms with Crippen LogP contribution in [0.2, 0.25) is 0 Å². The average molecular weight is 328 g/mol. The predicted octanol–water partition coefficient (Wildman–Crippen LogP) is 1.39. The molecule has 0 fully saturated rings. The van der Waals surface area contributed by atoms with Gasteiger partial charge in [0.05, 0.1) is 6.07 Å². The summed E-state index contributed by atoms with van der Waals surface area (Å²) >= 11 is 0. The van der Waals surface area contributed by atoms with E-state index >= 15 is 0 Å². The molecule has 5 nitrogen and oxygen atoms in total. The zero-order chi connectivity index (χ0) is 16.8. The minimum atomic E-state index is -6.17. The molecule has 0 unspecified atom stereocenters. The van der Waals surface area contributed by atoms with Crippen molar-refractivity contribution < 1.29 is 40.2 Å². The summed E-state index contributed by atoms with van der Waals surface area (Å²) in [6.45, 7) is -2.61. The fourth-order valence-corrected chi connectivity index (χ4v) is 1.24. The van der Waals surface area contributed by atoms with E-state index < -0.39 is 51.2 Å². The molecule has 13 heteroatoms. The molecular weight excluding hydrogens is 324 g/mol. The maximum atomic E-state index is 12.7. The molecule has 0 aliphatic heterocycles. The van der Waals surface area contributed by atoms with Gasteiger partial charge in [-0.3, -0.25) is 9.36 Å². The minimum absolute atomic E-state index is 0.304. The zero-order valence-electron chi connectivity index (χ0n) is 9.47. The highest BCUT2D eigenvalue weighted by Gasteiger charge is 2.58. The van der Waals surface area contributed by atoms with Crippen LogP contribution in [0, 0.1) is 0 Å². The number of rotatable bonds is 2. The van der Waals surface area contributed by atoms with Crippen LogP contribution in [0.1, 0.15) is 0 Å². The summed E-state index contributed by atoms with van der Waals surface area (Å²) in [6, 6.07) is -0.304. The fourth-order valence-electron chi connectivity index (χ4n) is 1.24. The number of nitrogens with zero attached hydrogens (tertiary/aromatic N) is 2. The molecule has 0 aliphatic rings. The monoisotopic (exact) mass is 328 g/mol. The Morgan fingerprint density at radius 1 is 1.00 bits per heavy atom. The zero-order valence-corrected chi connectivity index (χ0v) is 9.47. The van der Waals surface area contributed by atoms with Crippen molar-refractivity contribution in [2.24, 2.45) is 0 Å². The molecule has 0 bridgehead atoms. The molecule has 1 N–H and O–H groups in total. The second kappa shape index (κ2) is 4.73. The van der Waals surface area contributed by atoms with Gasteiger partial charge in [0.2, 0.25) is 5.88 Å². The van der Waals surface area contributed by atoms with Crippen LogP contribution in [0.15, 0.2) is 15.7 Å². The van der Waals surface area contributed by atoms with Gasteiger partial charge in [-0.2, -0.15) is 26.5 Å². The molecule has 0 amide bonds. The third kappa shape index (κ3) is 3.16. The lowest BCUT2D eigenvalue weighted by Gasteiger charge is -2.21. The minimum Gasteiger partial charge on any atom is -0.494 e. The predicted molar refractivity (Wildman–Crippen MR) is 48.9 cm³/mol. The van der Waals surface area contributed by atoms with Gasteiger partial charge in [-0.25, -0.2) is 4.79 Å². The first-order valence-corrected chi connectivity index (χ1v) is 4.76. The van der Waals surface area contributed by atoms with E-state index in [1.54, 1.807) is 0 Å². The highest BCUT2D eigenvalue weighted by atomic mass is 19.4. The second-order valence-corrected chi connectivity index (χ2v) is 3.71. The average Bonchev–Trinajstić information content (AvgIpc) is 2.19. The summed E-state index contributed by atoms with van der Waals surface area (Å²) in [5.74, 6) is -7.35. The molecule has 1 rings (SSSR count). The van der Waals surface area contributed by atoms with Crippen LogP contribution in [-0.4, -0.2) is 26.3 Å². The Kier molecular flexibility index (Phi) is 3.83. The van der Waals surface area contributed by atoms with Crippen molar-refractivity contribution in [1.82, 2.24) is 9.13 Å². The van der Waals surface area contributed by atoms with E-state index in [1.165, 1.54) is 0 Å². The maximum absolute atomic E-state index is 12.7. The van der Waals surface area contributed by atoms with Gasteiger partial charge in [0.25, 0.3) is 5.56 Å². The van der Waals surface area contributed by atoms with Crippen LogP contribution < -0.4 is 11.2 Å². The molecule has 0 atom stereocenters. The van der Waals surface area contributed by atoms with Crippen molar-refractivity contribution in [3.05, 3.63) is 26.9 Å². The van der Waals surface area contributed by atoms with Gasteiger partial charge in [0.1, 0.15) is 6.54 Å². The Morgan fingerprint density at radius 3 is 1.86 bits per heavy atom. The van der Waals surface area contributed by atoms with Crippen molar-refractivity contribution in [3.8, 4) is 5.88 Å². The van der Waals surface area contributed by atoms with Crippen LogP contribution in [0.4, 0.5) is 35.1 Å². The summed E-state index contributed by atoms with van der Waals surface area (Å²) in [6.07, 6.45) is -11.8.